The molecule has 0 saturated carbocycles. The summed E-state index contributed by atoms with van der Waals surface area (Å²) in [6.45, 7) is 6.56. The summed E-state index contributed by atoms with van der Waals surface area (Å²) in [6, 6.07) is 4.12. The summed E-state index contributed by atoms with van der Waals surface area (Å²) in [5.41, 5.74) is 0.320. The van der Waals surface area contributed by atoms with Crippen LogP contribution in [0.15, 0.2) is 22.7 Å². The third-order valence-electron chi connectivity index (χ3n) is 2.71. The minimum atomic E-state index is -0.476. The van der Waals surface area contributed by atoms with Crippen molar-refractivity contribution in [3.05, 3.63) is 28.5 Å². The smallest absolute Gasteiger partial charge is 0.242 e. The molecule has 1 atom stereocenters. The van der Waals surface area contributed by atoms with Gasteiger partial charge in [-0.2, -0.15) is 0 Å². The monoisotopic (exact) mass is 330 g/mol. The molecule has 1 rings (SSSR count). The van der Waals surface area contributed by atoms with Crippen LogP contribution in [0, 0.1) is 11.7 Å². The SMILES string of the molecule is CC(C)CCNC(=O)C(C)Nc1cc(Br)ccc1F. The Morgan fingerprint density at radius 2 is 2.05 bits per heavy atom. The topological polar surface area (TPSA) is 41.1 Å². The fourth-order valence-corrected chi connectivity index (χ4v) is 1.91. The molecule has 0 fully saturated rings. The highest BCUT2D eigenvalue weighted by Crippen LogP contribution is 2.20. The van der Waals surface area contributed by atoms with Crippen LogP contribution in [0.3, 0.4) is 0 Å². The highest BCUT2D eigenvalue weighted by Gasteiger charge is 2.14. The molecule has 19 heavy (non-hydrogen) atoms. The molecule has 106 valence electrons. The Hall–Kier alpha value is -1.10. The molecule has 0 aliphatic carbocycles. The van der Waals surface area contributed by atoms with Gasteiger partial charge in [0, 0.05) is 11.0 Å². The van der Waals surface area contributed by atoms with E-state index in [0.717, 1.165) is 10.9 Å². The molecule has 0 heterocycles. The lowest BCUT2D eigenvalue weighted by molar-refractivity contribution is -0.121. The van der Waals surface area contributed by atoms with Crippen molar-refractivity contribution in [2.75, 3.05) is 11.9 Å². The van der Waals surface area contributed by atoms with Crippen molar-refractivity contribution in [1.82, 2.24) is 5.32 Å². The molecule has 1 aromatic rings. The number of rotatable bonds is 6. The number of benzene rings is 1. The van der Waals surface area contributed by atoms with E-state index < -0.39 is 6.04 Å². The van der Waals surface area contributed by atoms with Gasteiger partial charge in [0.05, 0.1) is 5.69 Å². The summed E-state index contributed by atoms with van der Waals surface area (Å²) in [6.07, 6.45) is 0.934. The van der Waals surface area contributed by atoms with Gasteiger partial charge >= 0.3 is 0 Å². The molecular weight excluding hydrogens is 311 g/mol. The minimum Gasteiger partial charge on any atom is -0.371 e. The third-order valence-corrected chi connectivity index (χ3v) is 3.21. The van der Waals surface area contributed by atoms with Crippen molar-refractivity contribution in [3.63, 3.8) is 0 Å². The number of anilines is 1. The van der Waals surface area contributed by atoms with Crippen LogP contribution in [-0.2, 0) is 4.79 Å². The Labute approximate surface area is 122 Å². The Bertz CT molecular complexity index is 437. The molecule has 0 spiro atoms. The van der Waals surface area contributed by atoms with Crippen molar-refractivity contribution in [3.8, 4) is 0 Å². The minimum absolute atomic E-state index is 0.125. The standard InChI is InChI=1S/C14H20BrFN2O/c1-9(2)6-7-17-14(19)10(3)18-13-8-11(15)4-5-12(13)16/h4-5,8-10,18H,6-7H2,1-3H3,(H,17,19). The summed E-state index contributed by atoms with van der Waals surface area (Å²) < 4.78 is 14.3. The molecule has 1 amide bonds. The number of amides is 1. The highest BCUT2D eigenvalue weighted by molar-refractivity contribution is 9.10. The van der Waals surface area contributed by atoms with Crippen LogP contribution in [0.25, 0.3) is 0 Å². The first-order chi connectivity index (χ1) is 8.90. The highest BCUT2D eigenvalue weighted by atomic mass is 79.9. The molecule has 0 bridgehead atoms. The molecule has 2 N–H and O–H groups in total. The van der Waals surface area contributed by atoms with Crippen LogP contribution in [-0.4, -0.2) is 18.5 Å². The van der Waals surface area contributed by atoms with Crippen LogP contribution in [0.4, 0.5) is 10.1 Å². The van der Waals surface area contributed by atoms with Gasteiger partial charge in [-0.05, 0) is 37.5 Å². The fourth-order valence-electron chi connectivity index (χ4n) is 1.54. The Morgan fingerprint density at radius 3 is 2.68 bits per heavy atom. The summed E-state index contributed by atoms with van der Waals surface area (Å²) >= 11 is 3.27. The van der Waals surface area contributed by atoms with E-state index in [1.807, 2.05) is 0 Å². The van der Waals surface area contributed by atoms with E-state index in [0.29, 0.717) is 18.2 Å². The first-order valence-electron chi connectivity index (χ1n) is 6.39. The van der Waals surface area contributed by atoms with Gasteiger partial charge < -0.3 is 10.6 Å². The van der Waals surface area contributed by atoms with E-state index in [1.165, 1.54) is 6.07 Å². The lowest BCUT2D eigenvalue weighted by atomic mass is 10.1. The summed E-state index contributed by atoms with van der Waals surface area (Å²) in [7, 11) is 0. The van der Waals surface area contributed by atoms with Gasteiger partial charge in [-0.3, -0.25) is 4.79 Å². The lowest BCUT2D eigenvalue weighted by Crippen LogP contribution is -2.38. The van der Waals surface area contributed by atoms with E-state index in [9.17, 15) is 9.18 Å². The normalized spacial score (nSPS) is 12.3. The largest absolute Gasteiger partial charge is 0.371 e. The maximum atomic E-state index is 13.5. The molecule has 0 radical (unpaired) electrons. The number of nitrogens with one attached hydrogen (secondary N) is 2. The third kappa shape index (κ3) is 5.59. The summed E-state index contributed by atoms with van der Waals surface area (Å²) in [5, 5.41) is 5.70. The Kier molecular flexibility index (Phi) is 6.28. The summed E-state index contributed by atoms with van der Waals surface area (Å²) in [5.74, 6) is 0.0520. The second kappa shape index (κ2) is 7.48. The quantitative estimate of drug-likeness (QED) is 0.837. The van der Waals surface area contributed by atoms with Crippen molar-refractivity contribution < 1.29 is 9.18 Å². The van der Waals surface area contributed by atoms with E-state index in [-0.39, 0.29) is 11.7 Å². The van der Waals surface area contributed by atoms with E-state index >= 15 is 0 Å². The van der Waals surface area contributed by atoms with Crippen LogP contribution < -0.4 is 10.6 Å². The van der Waals surface area contributed by atoms with Gasteiger partial charge in [0.15, 0.2) is 0 Å². The molecule has 0 aromatic heterocycles. The molecule has 1 aromatic carbocycles. The summed E-state index contributed by atoms with van der Waals surface area (Å²) in [4.78, 5) is 11.8. The maximum Gasteiger partial charge on any atom is 0.242 e. The Balaban J connectivity index is 2.51. The molecule has 5 heteroatoms. The van der Waals surface area contributed by atoms with Gasteiger partial charge in [0.25, 0.3) is 0 Å². The zero-order valence-electron chi connectivity index (χ0n) is 11.5. The molecule has 1 unspecified atom stereocenters. The van der Waals surface area contributed by atoms with Crippen molar-refractivity contribution in [1.29, 1.82) is 0 Å². The molecule has 0 aliphatic heterocycles. The molecule has 3 nitrogen and oxygen atoms in total. The predicted octanol–water partition coefficient (Wildman–Crippen LogP) is 3.55. The zero-order chi connectivity index (χ0) is 14.4. The van der Waals surface area contributed by atoms with Crippen LogP contribution >= 0.6 is 15.9 Å². The van der Waals surface area contributed by atoms with Crippen molar-refractivity contribution in [2.45, 2.75) is 33.2 Å². The molecule has 0 aliphatic rings. The molecular formula is C14H20BrFN2O. The zero-order valence-corrected chi connectivity index (χ0v) is 13.1. The predicted molar refractivity (Wildman–Crippen MR) is 79.6 cm³/mol. The first-order valence-corrected chi connectivity index (χ1v) is 7.18. The van der Waals surface area contributed by atoms with E-state index in [1.54, 1.807) is 19.1 Å². The lowest BCUT2D eigenvalue weighted by Gasteiger charge is -2.16. The van der Waals surface area contributed by atoms with Gasteiger partial charge in [-0.15, -0.1) is 0 Å². The second-order valence-electron chi connectivity index (χ2n) is 4.96. The first kappa shape index (κ1) is 16.0. The van der Waals surface area contributed by atoms with Gasteiger partial charge in [-0.1, -0.05) is 29.8 Å². The Morgan fingerprint density at radius 1 is 1.37 bits per heavy atom. The number of halogens is 2. The number of hydrogen-bond donors (Lipinski definition) is 2. The van der Waals surface area contributed by atoms with Gasteiger partial charge in [-0.25, -0.2) is 4.39 Å². The average Bonchev–Trinajstić information content (AvgIpc) is 2.33. The average molecular weight is 331 g/mol. The van der Waals surface area contributed by atoms with Gasteiger partial charge in [0.2, 0.25) is 5.91 Å². The van der Waals surface area contributed by atoms with Crippen LogP contribution in [0.2, 0.25) is 0 Å². The molecule has 0 saturated heterocycles. The van der Waals surface area contributed by atoms with Crippen LogP contribution in [0.1, 0.15) is 27.2 Å². The van der Waals surface area contributed by atoms with Gasteiger partial charge in [0.1, 0.15) is 11.9 Å². The second-order valence-corrected chi connectivity index (χ2v) is 5.88. The van der Waals surface area contributed by atoms with E-state index in [4.69, 9.17) is 0 Å². The fraction of sp³-hybridized carbons (Fsp3) is 0.500. The number of carbonyl (C=O) groups is 1. The van der Waals surface area contributed by atoms with Crippen molar-refractivity contribution >= 4 is 27.5 Å². The number of hydrogen-bond acceptors (Lipinski definition) is 2. The maximum absolute atomic E-state index is 13.5. The van der Waals surface area contributed by atoms with Crippen LogP contribution in [0.5, 0.6) is 0 Å². The van der Waals surface area contributed by atoms with E-state index in [2.05, 4.69) is 40.4 Å². The van der Waals surface area contributed by atoms with Crippen molar-refractivity contribution in [2.24, 2.45) is 5.92 Å². The number of carbonyl (C=O) groups excluding carboxylic acids is 1.